The second kappa shape index (κ2) is 7.88. The van der Waals surface area contributed by atoms with Crippen molar-refractivity contribution in [3.63, 3.8) is 0 Å². The second-order valence-corrected chi connectivity index (χ2v) is 6.28. The van der Waals surface area contributed by atoms with Crippen molar-refractivity contribution in [1.82, 2.24) is 4.98 Å². The van der Waals surface area contributed by atoms with Gasteiger partial charge >= 0.3 is 0 Å². The molecule has 0 saturated heterocycles. The van der Waals surface area contributed by atoms with Crippen LogP contribution in [0.4, 0.5) is 0 Å². The highest BCUT2D eigenvalue weighted by Gasteiger charge is 2.09. The number of aliphatic hydroxyl groups is 1. The van der Waals surface area contributed by atoms with Crippen LogP contribution < -0.4 is 11.2 Å². The number of primary amides is 1. The van der Waals surface area contributed by atoms with Crippen molar-refractivity contribution in [2.75, 3.05) is 0 Å². The Kier molecular flexibility index (Phi) is 5.38. The summed E-state index contributed by atoms with van der Waals surface area (Å²) in [6, 6.07) is 16.2. The number of aryl methyl sites for hydroxylation is 2. The maximum Gasteiger partial charge on any atom is 0.248 e. The van der Waals surface area contributed by atoms with E-state index in [9.17, 15) is 19.8 Å². The lowest BCUT2D eigenvalue weighted by molar-refractivity contribution is 0.100. The third-order valence-electron chi connectivity index (χ3n) is 4.43. The number of amides is 1. The van der Waals surface area contributed by atoms with Gasteiger partial charge in [-0.1, -0.05) is 36.4 Å². The Bertz CT molecular complexity index is 1010. The van der Waals surface area contributed by atoms with Gasteiger partial charge in [0.05, 0.1) is 12.3 Å². The number of hydrogen-bond donors (Lipinski definition) is 4. The Morgan fingerprint density at radius 3 is 2.11 bits per heavy atom. The number of pyridine rings is 1. The predicted molar refractivity (Wildman–Crippen MR) is 102 cm³/mol. The zero-order chi connectivity index (χ0) is 19.4. The molecule has 5 N–H and O–H groups in total. The molecule has 0 aliphatic heterocycles. The molecule has 0 radical (unpaired) electrons. The van der Waals surface area contributed by atoms with Gasteiger partial charge in [0.25, 0.3) is 0 Å². The molecule has 27 heavy (non-hydrogen) atoms. The smallest absolute Gasteiger partial charge is 0.248 e. The van der Waals surface area contributed by atoms with Crippen LogP contribution in [0, 0.1) is 0 Å². The number of aliphatic hydroxyl groups excluding tert-OH is 1. The van der Waals surface area contributed by atoms with Crippen LogP contribution in [0.25, 0.3) is 11.1 Å². The summed E-state index contributed by atoms with van der Waals surface area (Å²) in [4.78, 5) is 25.7. The van der Waals surface area contributed by atoms with Crippen LogP contribution in [0.15, 0.2) is 59.4 Å². The molecule has 1 amide bonds. The van der Waals surface area contributed by atoms with Gasteiger partial charge in [0.2, 0.25) is 11.3 Å². The Hall–Kier alpha value is -3.38. The van der Waals surface area contributed by atoms with E-state index in [1.54, 1.807) is 12.1 Å². The number of hydrogen-bond acceptors (Lipinski definition) is 4. The highest BCUT2D eigenvalue weighted by atomic mass is 16.3. The van der Waals surface area contributed by atoms with Gasteiger partial charge in [0, 0.05) is 17.3 Å². The van der Waals surface area contributed by atoms with Crippen LogP contribution in [0.1, 0.15) is 27.3 Å². The topological polar surface area (TPSA) is 116 Å². The lowest BCUT2D eigenvalue weighted by Gasteiger charge is -2.08. The largest absolute Gasteiger partial charge is 0.503 e. The van der Waals surface area contributed by atoms with E-state index in [0.717, 1.165) is 16.7 Å². The molecule has 1 heterocycles. The molecule has 6 heteroatoms. The molecule has 0 atom stereocenters. The van der Waals surface area contributed by atoms with Crippen molar-refractivity contribution in [2.24, 2.45) is 5.73 Å². The molecular formula is C21H20N2O4. The Morgan fingerprint density at radius 2 is 1.56 bits per heavy atom. The fraction of sp³-hybridized carbons (Fsp3) is 0.143. The third kappa shape index (κ3) is 4.24. The van der Waals surface area contributed by atoms with E-state index in [-0.39, 0.29) is 12.4 Å². The standard InChI is InChI=1S/C21H20N2O4/c22-21(27)16-8-6-15(7-9-16)14-4-1-13(2-5-14)3-10-18-20(26)19(25)11-17(12-24)23-18/h1-2,4-9,11,24,26H,3,10,12H2,(H2,22,27)(H,23,25). The SMILES string of the molecule is NC(=O)c1ccc(-c2ccc(CCc3[nH]c(CO)cc(=O)c3O)cc2)cc1. The van der Waals surface area contributed by atoms with E-state index < -0.39 is 11.3 Å². The first kappa shape index (κ1) is 18.4. The van der Waals surface area contributed by atoms with Crippen LogP contribution in [0.2, 0.25) is 0 Å². The summed E-state index contributed by atoms with van der Waals surface area (Å²) in [7, 11) is 0. The first-order chi connectivity index (χ1) is 13.0. The van der Waals surface area contributed by atoms with E-state index in [1.807, 2.05) is 36.4 Å². The monoisotopic (exact) mass is 364 g/mol. The second-order valence-electron chi connectivity index (χ2n) is 6.28. The number of H-pyrrole nitrogens is 1. The summed E-state index contributed by atoms with van der Waals surface area (Å²) >= 11 is 0. The van der Waals surface area contributed by atoms with Gasteiger partial charge in [-0.05, 0) is 41.7 Å². The molecule has 1 aromatic heterocycles. The van der Waals surface area contributed by atoms with Gasteiger partial charge in [0.1, 0.15) is 0 Å². The number of nitrogens with two attached hydrogens (primary N) is 1. The molecular weight excluding hydrogens is 344 g/mol. The molecule has 0 aliphatic carbocycles. The van der Waals surface area contributed by atoms with E-state index in [2.05, 4.69) is 4.98 Å². The lowest BCUT2D eigenvalue weighted by atomic mass is 10.0. The fourth-order valence-electron chi connectivity index (χ4n) is 2.89. The maximum absolute atomic E-state index is 11.7. The van der Waals surface area contributed by atoms with Crippen molar-refractivity contribution >= 4 is 5.91 Å². The number of benzene rings is 2. The Labute approximate surface area is 155 Å². The molecule has 0 unspecified atom stereocenters. The quantitative estimate of drug-likeness (QED) is 0.536. The number of nitrogens with one attached hydrogen (secondary N) is 1. The molecule has 0 spiro atoms. The van der Waals surface area contributed by atoms with Crippen LogP contribution in [-0.4, -0.2) is 21.1 Å². The summed E-state index contributed by atoms with van der Waals surface area (Å²) in [6.07, 6.45) is 1.07. The van der Waals surface area contributed by atoms with Gasteiger partial charge in [0.15, 0.2) is 5.75 Å². The third-order valence-corrected chi connectivity index (χ3v) is 4.43. The summed E-state index contributed by atoms with van der Waals surface area (Å²) in [5, 5.41) is 19.1. The number of rotatable bonds is 6. The highest BCUT2D eigenvalue weighted by Crippen LogP contribution is 2.21. The number of aromatic nitrogens is 1. The molecule has 3 rings (SSSR count). The average Bonchev–Trinajstić information content (AvgIpc) is 2.69. The Balaban J connectivity index is 1.72. The molecule has 6 nitrogen and oxygen atoms in total. The normalized spacial score (nSPS) is 10.7. The van der Waals surface area contributed by atoms with Crippen molar-refractivity contribution in [3.8, 4) is 16.9 Å². The van der Waals surface area contributed by atoms with Crippen LogP contribution >= 0.6 is 0 Å². The van der Waals surface area contributed by atoms with E-state index in [1.165, 1.54) is 6.07 Å². The molecule has 3 aromatic rings. The zero-order valence-corrected chi connectivity index (χ0v) is 14.6. The lowest BCUT2D eigenvalue weighted by Crippen LogP contribution is -2.10. The summed E-state index contributed by atoms with van der Waals surface area (Å²) < 4.78 is 0. The maximum atomic E-state index is 11.7. The van der Waals surface area contributed by atoms with Gasteiger partial charge in [-0.25, -0.2) is 0 Å². The summed E-state index contributed by atoms with van der Waals surface area (Å²) in [6.45, 7) is -0.286. The molecule has 138 valence electrons. The van der Waals surface area contributed by atoms with Gasteiger partial charge in [-0.15, -0.1) is 0 Å². The molecule has 2 aromatic carbocycles. The minimum atomic E-state index is -0.498. The number of carbonyl (C=O) groups is 1. The fourth-order valence-corrected chi connectivity index (χ4v) is 2.89. The Morgan fingerprint density at radius 1 is 0.963 bits per heavy atom. The average molecular weight is 364 g/mol. The van der Waals surface area contributed by atoms with E-state index >= 15 is 0 Å². The zero-order valence-electron chi connectivity index (χ0n) is 14.6. The van der Waals surface area contributed by atoms with Gasteiger partial charge in [-0.3, -0.25) is 9.59 Å². The van der Waals surface area contributed by atoms with Crippen LogP contribution in [0.3, 0.4) is 0 Å². The van der Waals surface area contributed by atoms with Crippen molar-refractivity contribution in [1.29, 1.82) is 0 Å². The molecule has 0 aliphatic rings. The first-order valence-corrected chi connectivity index (χ1v) is 8.52. The van der Waals surface area contributed by atoms with Crippen molar-refractivity contribution < 1.29 is 15.0 Å². The minimum Gasteiger partial charge on any atom is -0.503 e. The van der Waals surface area contributed by atoms with Gasteiger partial charge in [-0.2, -0.15) is 0 Å². The highest BCUT2D eigenvalue weighted by molar-refractivity contribution is 5.93. The summed E-state index contributed by atoms with van der Waals surface area (Å²) in [5.74, 6) is -0.762. The minimum absolute atomic E-state index is 0.286. The van der Waals surface area contributed by atoms with Crippen LogP contribution in [-0.2, 0) is 19.4 Å². The van der Waals surface area contributed by atoms with E-state index in [4.69, 9.17) is 5.73 Å². The molecule has 0 fully saturated rings. The van der Waals surface area contributed by atoms with Gasteiger partial charge < -0.3 is 20.9 Å². The molecule has 0 bridgehead atoms. The number of carbonyl (C=O) groups excluding carboxylic acids is 1. The van der Waals surface area contributed by atoms with E-state index in [0.29, 0.717) is 29.8 Å². The van der Waals surface area contributed by atoms with Crippen LogP contribution in [0.5, 0.6) is 5.75 Å². The van der Waals surface area contributed by atoms with Crippen molar-refractivity contribution in [3.05, 3.63) is 87.3 Å². The summed E-state index contributed by atoms with van der Waals surface area (Å²) in [5.41, 5.74) is 9.04. The predicted octanol–water partition coefficient (Wildman–Crippen LogP) is 2.12. The first-order valence-electron chi connectivity index (χ1n) is 8.52. The van der Waals surface area contributed by atoms with Crippen molar-refractivity contribution in [2.45, 2.75) is 19.4 Å². The number of aromatic amines is 1. The number of aromatic hydroxyl groups is 1. The molecule has 0 saturated carbocycles.